The summed E-state index contributed by atoms with van der Waals surface area (Å²) in [5.74, 6) is 0.179. The molecule has 0 aromatic heterocycles. The molecule has 1 fully saturated rings. The second-order valence-electron chi connectivity index (χ2n) is 8.38. The summed E-state index contributed by atoms with van der Waals surface area (Å²) in [7, 11) is 0. The van der Waals surface area contributed by atoms with Crippen molar-refractivity contribution in [3.63, 3.8) is 0 Å². The molecule has 146 valence electrons. The second-order valence-corrected chi connectivity index (χ2v) is 10.3. The minimum Gasteiger partial charge on any atom is -0.598 e. The predicted molar refractivity (Wildman–Crippen MR) is 111 cm³/mol. The largest absolute Gasteiger partial charge is 0.598 e. The van der Waals surface area contributed by atoms with Gasteiger partial charge in [-0.05, 0) is 74.8 Å². The van der Waals surface area contributed by atoms with Crippen LogP contribution < -0.4 is 10.5 Å². The van der Waals surface area contributed by atoms with E-state index >= 15 is 0 Å². The standard InChI is InChI=1S/C22H29FN2OS/c1-5-22(25-27(26)21(2,3)4,18-11-12-19(23)20(24)14-18)17-8-6-7-16(13-17)15-9-10-15/h6-8,11-15,25H,5,9-10,24H2,1-4H3. The highest BCUT2D eigenvalue weighted by Crippen LogP contribution is 2.43. The summed E-state index contributed by atoms with van der Waals surface area (Å²) in [5.41, 5.74) is 8.45. The average molecular weight is 389 g/mol. The Bertz CT molecular complexity index is 816. The van der Waals surface area contributed by atoms with E-state index in [0.717, 1.165) is 11.1 Å². The van der Waals surface area contributed by atoms with Gasteiger partial charge in [-0.25, -0.2) is 4.39 Å². The van der Waals surface area contributed by atoms with E-state index in [1.165, 1.54) is 24.5 Å². The van der Waals surface area contributed by atoms with Crippen molar-refractivity contribution in [3.8, 4) is 0 Å². The van der Waals surface area contributed by atoms with E-state index in [-0.39, 0.29) is 5.69 Å². The molecule has 2 aromatic rings. The van der Waals surface area contributed by atoms with Crippen LogP contribution in [-0.2, 0) is 16.9 Å². The molecule has 0 heterocycles. The number of rotatable bonds is 6. The summed E-state index contributed by atoms with van der Waals surface area (Å²) in [6, 6.07) is 13.3. The van der Waals surface area contributed by atoms with Crippen molar-refractivity contribution in [2.24, 2.45) is 0 Å². The van der Waals surface area contributed by atoms with E-state index in [1.54, 1.807) is 12.1 Å². The third-order valence-corrected chi connectivity index (χ3v) is 6.92. The van der Waals surface area contributed by atoms with Crippen LogP contribution in [0.25, 0.3) is 0 Å². The quantitative estimate of drug-likeness (QED) is 0.541. The molecule has 2 aromatic carbocycles. The molecule has 5 heteroatoms. The minimum absolute atomic E-state index is 0.104. The number of nitrogens with one attached hydrogen (secondary N) is 1. The number of benzene rings is 2. The third-order valence-electron chi connectivity index (χ3n) is 5.27. The molecule has 2 unspecified atom stereocenters. The third kappa shape index (κ3) is 4.15. The zero-order valence-electron chi connectivity index (χ0n) is 16.5. The van der Waals surface area contributed by atoms with Crippen molar-refractivity contribution in [2.75, 3.05) is 5.73 Å². The first-order chi connectivity index (χ1) is 12.7. The maximum atomic E-state index is 13.8. The number of nitrogens with two attached hydrogens (primary N) is 1. The molecule has 1 saturated carbocycles. The zero-order chi connectivity index (χ0) is 19.8. The number of halogens is 1. The van der Waals surface area contributed by atoms with Gasteiger partial charge in [0.1, 0.15) is 16.1 Å². The number of hydrogen-bond donors (Lipinski definition) is 2. The van der Waals surface area contributed by atoms with Gasteiger partial charge < -0.3 is 10.3 Å². The Labute approximate surface area is 164 Å². The molecule has 3 nitrogen and oxygen atoms in total. The van der Waals surface area contributed by atoms with Crippen LogP contribution in [0.1, 0.15) is 69.6 Å². The van der Waals surface area contributed by atoms with Gasteiger partial charge in [-0.15, -0.1) is 4.72 Å². The lowest BCUT2D eigenvalue weighted by Gasteiger charge is -2.38. The van der Waals surface area contributed by atoms with E-state index in [4.69, 9.17) is 5.73 Å². The molecule has 0 aliphatic heterocycles. The van der Waals surface area contributed by atoms with Crippen LogP contribution in [0, 0.1) is 5.82 Å². The molecular weight excluding hydrogens is 359 g/mol. The molecule has 3 rings (SSSR count). The van der Waals surface area contributed by atoms with Crippen molar-refractivity contribution < 1.29 is 8.94 Å². The Morgan fingerprint density at radius 3 is 2.37 bits per heavy atom. The van der Waals surface area contributed by atoms with Crippen LogP contribution in [-0.4, -0.2) is 9.30 Å². The highest BCUT2D eigenvalue weighted by molar-refractivity contribution is 7.90. The highest BCUT2D eigenvalue weighted by Gasteiger charge is 2.41. The lowest BCUT2D eigenvalue weighted by Crippen LogP contribution is -2.52. The van der Waals surface area contributed by atoms with Crippen molar-refractivity contribution in [1.82, 2.24) is 4.72 Å². The summed E-state index contributed by atoms with van der Waals surface area (Å²) < 4.78 is 29.8. The zero-order valence-corrected chi connectivity index (χ0v) is 17.3. The van der Waals surface area contributed by atoms with E-state index in [9.17, 15) is 8.94 Å². The first kappa shape index (κ1) is 20.2. The Balaban J connectivity index is 2.14. The fraction of sp³-hybridized carbons (Fsp3) is 0.455. The Morgan fingerprint density at radius 1 is 1.15 bits per heavy atom. The molecule has 0 saturated heterocycles. The number of hydrogen-bond acceptors (Lipinski definition) is 3. The molecule has 0 bridgehead atoms. The van der Waals surface area contributed by atoms with Gasteiger partial charge >= 0.3 is 0 Å². The average Bonchev–Trinajstić information content (AvgIpc) is 3.46. The van der Waals surface area contributed by atoms with Crippen LogP contribution in [0.15, 0.2) is 42.5 Å². The monoisotopic (exact) mass is 388 g/mol. The number of nitrogen functional groups attached to an aromatic ring is 1. The number of anilines is 1. The van der Waals surface area contributed by atoms with Crippen LogP contribution >= 0.6 is 0 Å². The fourth-order valence-corrected chi connectivity index (χ4v) is 4.36. The smallest absolute Gasteiger partial charge is 0.146 e. The Morgan fingerprint density at radius 2 is 1.81 bits per heavy atom. The van der Waals surface area contributed by atoms with Crippen LogP contribution in [0.3, 0.4) is 0 Å². The molecule has 0 radical (unpaired) electrons. The molecule has 0 spiro atoms. The molecule has 0 amide bonds. The first-order valence-electron chi connectivity index (χ1n) is 9.53. The minimum atomic E-state index is -1.31. The lowest BCUT2D eigenvalue weighted by molar-refractivity contribution is 0.438. The van der Waals surface area contributed by atoms with Crippen LogP contribution in [0.2, 0.25) is 0 Å². The maximum Gasteiger partial charge on any atom is 0.146 e. The van der Waals surface area contributed by atoms with Crippen LogP contribution in [0.4, 0.5) is 10.1 Å². The van der Waals surface area contributed by atoms with Gasteiger partial charge in [0, 0.05) is 11.4 Å². The van der Waals surface area contributed by atoms with Crippen molar-refractivity contribution >= 4 is 17.0 Å². The first-order valence-corrected chi connectivity index (χ1v) is 10.7. The van der Waals surface area contributed by atoms with Gasteiger partial charge in [-0.3, -0.25) is 0 Å². The van der Waals surface area contributed by atoms with Gasteiger partial charge in [0.2, 0.25) is 0 Å². The topological polar surface area (TPSA) is 61.1 Å². The van der Waals surface area contributed by atoms with E-state index in [1.807, 2.05) is 20.8 Å². The fourth-order valence-electron chi connectivity index (χ4n) is 3.36. The summed E-state index contributed by atoms with van der Waals surface area (Å²) in [5, 5.41) is 0. The SMILES string of the molecule is CCC(N[S+]([O-])C(C)(C)C)(c1cccc(C2CC2)c1)c1ccc(F)c(N)c1. The summed E-state index contributed by atoms with van der Waals surface area (Å²) in [6.07, 6.45) is 3.09. The van der Waals surface area contributed by atoms with E-state index in [0.29, 0.717) is 12.3 Å². The van der Waals surface area contributed by atoms with Crippen molar-refractivity contribution in [1.29, 1.82) is 0 Å². The van der Waals surface area contributed by atoms with Gasteiger partial charge in [0.25, 0.3) is 0 Å². The summed E-state index contributed by atoms with van der Waals surface area (Å²) in [6.45, 7) is 7.87. The van der Waals surface area contributed by atoms with Crippen molar-refractivity contribution in [2.45, 2.75) is 63.2 Å². The molecule has 2 atom stereocenters. The van der Waals surface area contributed by atoms with Crippen molar-refractivity contribution in [3.05, 3.63) is 65.0 Å². The molecule has 1 aliphatic carbocycles. The highest BCUT2D eigenvalue weighted by atomic mass is 32.2. The lowest BCUT2D eigenvalue weighted by atomic mass is 9.80. The van der Waals surface area contributed by atoms with Gasteiger partial charge in [0.15, 0.2) is 0 Å². The Kier molecular flexibility index (Phi) is 5.57. The van der Waals surface area contributed by atoms with E-state index < -0.39 is 27.5 Å². The Hall–Kier alpha value is -1.56. The maximum absolute atomic E-state index is 13.8. The van der Waals surface area contributed by atoms with Gasteiger partial charge in [0.05, 0.1) is 5.69 Å². The molecule has 1 aliphatic rings. The van der Waals surface area contributed by atoms with Gasteiger partial charge in [-0.2, -0.15) is 0 Å². The summed E-state index contributed by atoms with van der Waals surface area (Å²) >= 11 is -1.31. The second kappa shape index (κ2) is 7.46. The van der Waals surface area contributed by atoms with Crippen LogP contribution in [0.5, 0.6) is 0 Å². The normalized spacial score (nSPS) is 18.1. The molecule has 3 N–H and O–H groups in total. The summed E-state index contributed by atoms with van der Waals surface area (Å²) in [4.78, 5) is 0. The van der Waals surface area contributed by atoms with E-state index in [2.05, 4.69) is 35.9 Å². The van der Waals surface area contributed by atoms with Gasteiger partial charge in [-0.1, -0.05) is 37.3 Å². The molecule has 27 heavy (non-hydrogen) atoms. The predicted octanol–water partition coefficient (Wildman–Crippen LogP) is 4.99. The molecular formula is C22H29FN2OS.